The molecule has 3 rings (SSSR count). The van der Waals surface area contributed by atoms with E-state index in [4.69, 9.17) is 23.2 Å². The lowest BCUT2D eigenvalue weighted by molar-refractivity contribution is 0.251. The van der Waals surface area contributed by atoms with Crippen molar-refractivity contribution in [2.24, 2.45) is 11.3 Å². The summed E-state index contributed by atoms with van der Waals surface area (Å²) >= 11 is 12.3. The lowest BCUT2D eigenvalue weighted by atomic mass is 9.65. The van der Waals surface area contributed by atoms with Crippen molar-refractivity contribution in [3.05, 3.63) is 33.8 Å². The largest absolute Gasteiger partial charge is 0.315 e. The van der Waals surface area contributed by atoms with E-state index in [-0.39, 0.29) is 5.41 Å². The third-order valence-corrected chi connectivity index (χ3v) is 5.80. The van der Waals surface area contributed by atoms with Crippen molar-refractivity contribution in [3.63, 3.8) is 0 Å². The molecule has 2 fully saturated rings. The van der Waals surface area contributed by atoms with E-state index in [1.165, 1.54) is 18.4 Å². The fourth-order valence-corrected chi connectivity index (χ4v) is 4.62. The smallest absolute Gasteiger partial charge is 0.0595 e. The lowest BCUT2D eigenvalue weighted by Crippen LogP contribution is -2.38. The molecule has 1 N–H and O–H groups in total. The molecule has 1 saturated heterocycles. The molecular formula is C15H19Cl2N. The van der Waals surface area contributed by atoms with Crippen LogP contribution in [0.15, 0.2) is 18.2 Å². The molecule has 1 aromatic rings. The van der Waals surface area contributed by atoms with Crippen LogP contribution in [0.1, 0.15) is 32.3 Å². The molecule has 3 heteroatoms. The van der Waals surface area contributed by atoms with Crippen molar-refractivity contribution in [1.82, 2.24) is 5.32 Å². The van der Waals surface area contributed by atoms with E-state index in [9.17, 15) is 0 Å². The van der Waals surface area contributed by atoms with Gasteiger partial charge in [-0.1, -0.05) is 43.1 Å². The Morgan fingerprint density at radius 2 is 1.94 bits per heavy atom. The molecule has 0 bridgehead atoms. The Morgan fingerprint density at radius 3 is 2.67 bits per heavy atom. The Morgan fingerprint density at radius 1 is 1.17 bits per heavy atom. The van der Waals surface area contributed by atoms with Crippen molar-refractivity contribution in [2.45, 2.75) is 32.1 Å². The van der Waals surface area contributed by atoms with Crippen LogP contribution in [0.25, 0.3) is 0 Å². The fraction of sp³-hybridized carbons (Fsp3) is 0.600. The highest BCUT2D eigenvalue weighted by Gasteiger charge is 2.57. The van der Waals surface area contributed by atoms with Gasteiger partial charge in [-0.05, 0) is 41.9 Å². The van der Waals surface area contributed by atoms with Gasteiger partial charge in [0.05, 0.1) is 10.0 Å². The van der Waals surface area contributed by atoms with Crippen LogP contribution in [-0.4, -0.2) is 13.1 Å². The Hall–Kier alpha value is -0.240. The van der Waals surface area contributed by atoms with Gasteiger partial charge >= 0.3 is 0 Å². The monoisotopic (exact) mass is 283 g/mol. The predicted octanol–water partition coefficient (Wildman–Crippen LogP) is 4.27. The highest BCUT2D eigenvalue weighted by atomic mass is 35.5. The minimum Gasteiger partial charge on any atom is -0.315 e. The van der Waals surface area contributed by atoms with E-state index in [1.807, 2.05) is 6.07 Å². The van der Waals surface area contributed by atoms with E-state index in [2.05, 4.69) is 31.3 Å². The van der Waals surface area contributed by atoms with E-state index in [1.54, 1.807) is 0 Å². The number of hydrogen-bond donors (Lipinski definition) is 1. The standard InChI is InChI=1S/C15H19Cl2N/c1-10-6-14(2)8-18-9-15(14,7-10)11-3-4-12(16)13(17)5-11/h3-5,10,18H,6-9H2,1-2H3/t10-,14-,15+/m1/s1. The van der Waals surface area contributed by atoms with Crippen LogP contribution in [0, 0.1) is 11.3 Å². The molecule has 3 atom stereocenters. The van der Waals surface area contributed by atoms with Crippen LogP contribution in [0.5, 0.6) is 0 Å². The van der Waals surface area contributed by atoms with Crippen LogP contribution in [-0.2, 0) is 5.41 Å². The normalized spacial score (nSPS) is 39.0. The van der Waals surface area contributed by atoms with E-state index in [0.29, 0.717) is 15.5 Å². The molecule has 1 aliphatic carbocycles. The predicted molar refractivity (Wildman–Crippen MR) is 77.5 cm³/mol. The second-order valence-corrected chi connectivity index (χ2v) is 7.20. The zero-order valence-corrected chi connectivity index (χ0v) is 12.4. The zero-order chi connectivity index (χ0) is 13.0. The average Bonchev–Trinajstić information content (AvgIpc) is 2.71. The molecule has 1 saturated carbocycles. The second-order valence-electron chi connectivity index (χ2n) is 6.39. The lowest BCUT2D eigenvalue weighted by Gasteiger charge is -2.37. The minimum atomic E-state index is 0.237. The molecule has 0 unspecified atom stereocenters. The SMILES string of the molecule is C[C@@H]1C[C@]2(C)CNC[C@]2(c2ccc(Cl)c(Cl)c2)C1. The summed E-state index contributed by atoms with van der Waals surface area (Å²) in [5.41, 5.74) is 1.94. The van der Waals surface area contributed by atoms with Gasteiger partial charge in [-0.25, -0.2) is 0 Å². The Labute approximate surface area is 119 Å². The zero-order valence-electron chi connectivity index (χ0n) is 10.9. The van der Waals surface area contributed by atoms with Gasteiger partial charge in [-0.3, -0.25) is 0 Å². The molecule has 0 amide bonds. The van der Waals surface area contributed by atoms with Crippen LogP contribution in [0.4, 0.5) is 0 Å². The van der Waals surface area contributed by atoms with Gasteiger partial charge < -0.3 is 5.32 Å². The molecule has 0 spiro atoms. The molecule has 1 aromatic carbocycles. The second kappa shape index (κ2) is 4.13. The molecule has 18 heavy (non-hydrogen) atoms. The highest BCUT2D eigenvalue weighted by molar-refractivity contribution is 6.42. The average molecular weight is 284 g/mol. The van der Waals surface area contributed by atoms with Gasteiger partial charge in [-0.15, -0.1) is 0 Å². The van der Waals surface area contributed by atoms with Gasteiger partial charge in [0.2, 0.25) is 0 Å². The molecule has 1 nitrogen and oxygen atoms in total. The highest BCUT2D eigenvalue weighted by Crippen LogP contribution is 2.58. The summed E-state index contributed by atoms with van der Waals surface area (Å²) in [4.78, 5) is 0. The van der Waals surface area contributed by atoms with Crippen molar-refractivity contribution in [2.75, 3.05) is 13.1 Å². The topological polar surface area (TPSA) is 12.0 Å². The first-order valence-corrected chi connectivity index (χ1v) is 7.39. The number of rotatable bonds is 1. The molecule has 1 aliphatic heterocycles. The Bertz CT molecular complexity index is 487. The number of hydrogen-bond acceptors (Lipinski definition) is 1. The Kier molecular flexibility index (Phi) is 2.93. The molecule has 1 heterocycles. The van der Waals surface area contributed by atoms with Crippen molar-refractivity contribution in [3.8, 4) is 0 Å². The summed E-state index contributed by atoms with van der Waals surface area (Å²) in [6, 6.07) is 6.18. The molecule has 0 radical (unpaired) electrons. The van der Waals surface area contributed by atoms with Crippen molar-refractivity contribution >= 4 is 23.2 Å². The number of nitrogens with one attached hydrogen (secondary N) is 1. The van der Waals surface area contributed by atoms with Crippen LogP contribution in [0.2, 0.25) is 10.0 Å². The fourth-order valence-electron chi connectivity index (χ4n) is 4.32. The summed E-state index contributed by atoms with van der Waals surface area (Å²) in [5, 5.41) is 4.91. The summed E-state index contributed by atoms with van der Waals surface area (Å²) in [5.74, 6) is 0.784. The van der Waals surface area contributed by atoms with Gasteiger partial charge in [0, 0.05) is 18.5 Å². The number of benzene rings is 1. The summed E-state index contributed by atoms with van der Waals surface area (Å²) in [6.45, 7) is 6.95. The third kappa shape index (κ3) is 1.64. The van der Waals surface area contributed by atoms with Crippen LogP contribution in [0.3, 0.4) is 0 Å². The maximum absolute atomic E-state index is 6.21. The quantitative estimate of drug-likeness (QED) is 0.812. The van der Waals surface area contributed by atoms with Gasteiger partial charge in [0.1, 0.15) is 0 Å². The van der Waals surface area contributed by atoms with E-state index >= 15 is 0 Å². The summed E-state index contributed by atoms with van der Waals surface area (Å²) in [6.07, 6.45) is 2.54. The molecule has 2 aliphatic rings. The van der Waals surface area contributed by atoms with Crippen LogP contribution >= 0.6 is 23.2 Å². The third-order valence-electron chi connectivity index (χ3n) is 5.07. The van der Waals surface area contributed by atoms with Gasteiger partial charge in [0.25, 0.3) is 0 Å². The first-order chi connectivity index (χ1) is 8.47. The maximum atomic E-state index is 6.21. The maximum Gasteiger partial charge on any atom is 0.0595 e. The van der Waals surface area contributed by atoms with Gasteiger partial charge in [-0.2, -0.15) is 0 Å². The minimum absolute atomic E-state index is 0.237. The summed E-state index contributed by atoms with van der Waals surface area (Å²) < 4.78 is 0. The van der Waals surface area contributed by atoms with Crippen LogP contribution < -0.4 is 5.32 Å². The molecule has 0 aromatic heterocycles. The summed E-state index contributed by atoms with van der Waals surface area (Å²) in [7, 11) is 0. The number of fused-ring (bicyclic) bond motifs is 1. The molecular weight excluding hydrogens is 265 g/mol. The first-order valence-electron chi connectivity index (χ1n) is 6.63. The van der Waals surface area contributed by atoms with Crippen molar-refractivity contribution < 1.29 is 0 Å². The molecule has 98 valence electrons. The number of halogens is 2. The van der Waals surface area contributed by atoms with E-state index < -0.39 is 0 Å². The van der Waals surface area contributed by atoms with Crippen molar-refractivity contribution in [1.29, 1.82) is 0 Å². The first kappa shape index (κ1) is 12.8. The Balaban J connectivity index is 2.10. The van der Waals surface area contributed by atoms with E-state index in [0.717, 1.165) is 19.0 Å². The van der Waals surface area contributed by atoms with Gasteiger partial charge in [0.15, 0.2) is 0 Å².